The number of nitrogens with one attached hydrogen (secondary N) is 1. The molecule has 0 fully saturated rings. The molecule has 0 radical (unpaired) electrons. The van der Waals surface area contributed by atoms with Gasteiger partial charge >= 0.3 is 0 Å². The molecular weight excluding hydrogens is 324 g/mol. The smallest absolute Gasteiger partial charge is 0.238 e. The third-order valence-electron chi connectivity index (χ3n) is 3.85. The van der Waals surface area contributed by atoms with E-state index in [1.54, 1.807) is 12.1 Å². The molecule has 5 nitrogen and oxygen atoms in total. The molecule has 0 bridgehead atoms. The minimum absolute atomic E-state index is 0.0147. The van der Waals surface area contributed by atoms with Gasteiger partial charge in [0.25, 0.3) is 0 Å². The summed E-state index contributed by atoms with van der Waals surface area (Å²) in [5, 5.41) is 7.88. The van der Waals surface area contributed by atoms with Gasteiger partial charge in [-0.2, -0.15) is 0 Å². The molecular formula is C18H22N2O3S. The normalized spacial score (nSPS) is 11.2. The Bertz CT molecular complexity index is 799. The number of amides is 1. The molecule has 0 atom stereocenters. The fraction of sp³-hybridized carbons (Fsp3) is 0.278. The topological polar surface area (TPSA) is 89.3 Å². The summed E-state index contributed by atoms with van der Waals surface area (Å²) < 4.78 is 22.4. The molecule has 0 aliphatic heterocycles. The third kappa shape index (κ3) is 5.47. The van der Waals surface area contributed by atoms with Crippen LogP contribution in [0.15, 0.2) is 53.4 Å². The molecule has 0 saturated heterocycles. The first kappa shape index (κ1) is 18.2. The Kier molecular flexibility index (Phi) is 6.11. The molecule has 6 heteroatoms. The molecule has 0 heterocycles. The van der Waals surface area contributed by atoms with Crippen LogP contribution in [0.25, 0.3) is 0 Å². The summed E-state index contributed by atoms with van der Waals surface area (Å²) >= 11 is 0. The maximum atomic E-state index is 11.9. The summed E-state index contributed by atoms with van der Waals surface area (Å²) in [7, 11) is -3.68. The lowest BCUT2D eigenvalue weighted by molar-refractivity contribution is -0.121. The highest BCUT2D eigenvalue weighted by Crippen LogP contribution is 2.11. The molecule has 0 unspecified atom stereocenters. The van der Waals surface area contributed by atoms with Crippen molar-refractivity contribution in [1.82, 2.24) is 5.32 Å². The average molecular weight is 346 g/mol. The largest absolute Gasteiger partial charge is 0.352 e. The number of nitrogens with two attached hydrogens (primary N) is 1. The van der Waals surface area contributed by atoms with Gasteiger partial charge in [-0.15, -0.1) is 0 Å². The Hall–Kier alpha value is -2.18. The molecule has 0 saturated carbocycles. The van der Waals surface area contributed by atoms with Gasteiger partial charge in [0.05, 0.1) is 4.90 Å². The number of sulfonamides is 1. The van der Waals surface area contributed by atoms with Gasteiger partial charge in [-0.3, -0.25) is 4.79 Å². The maximum absolute atomic E-state index is 11.9. The van der Waals surface area contributed by atoms with Gasteiger partial charge in [0.15, 0.2) is 0 Å². The van der Waals surface area contributed by atoms with E-state index in [0.717, 1.165) is 18.4 Å². The second-order valence-corrected chi connectivity index (χ2v) is 7.31. The Morgan fingerprint density at radius 3 is 2.38 bits per heavy atom. The average Bonchev–Trinajstić information content (AvgIpc) is 2.54. The minimum Gasteiger partial charge on any atom is -0.352 e. The van der Waals surface area contributed by atoms with Gasteiger partial charge in [0.2, 0.25) is 15.9 Å². The van der Waals surface area contributed by atoms with Gasteiger partial charge in [0.1, 0.15) is 0 Å². The van der Waals surface area contributed by atoms with Crippen molar-refractivity contribution in [3.05, 3.63) is 65.2 Å². The Morgan fingerprint density at radius 2 is 1.75 bits per heavy atom. The lowest BCUT2D eigenvalue weighted by atomic mass is 10.0. The van der Waals surface area contributed by atoms with Crippen molar-refractivity contribution in [1.29, 1.82) is 0 Å². The van der Waals surface area contributed by atoms with Gasteiger partial charge in [0, 0.05) is 13.0 Å². The summed E-state index contributed by atoms with van der Waals surface area (Å²) in [5.74, 6) is -0.0147. The number of rotatable bonds is 7. The van der Waals surface area contributed by atoms with E-state index in [2.05, 4.69) is 24.4 Å². The molecule has 128 valence electrons. The highest BCUT2D eigenvalue weighted by atomic mass is 32.2. The molecule has 0 aromatic heterocycles. The first-order valence-electron chi connectivity index (χ1n) is 7.79. The van der Waals surface area contributed by atoms with Crippen molar-refractivity contribution in [2.24, 2.45) is 5.14 Å². The zero-order valence-corrected chi connectivity index (χ0v) is 14.5. The van der Waals surface area contributed by atoms with Crippen LogP contribution in [0, 0.1) is 6.92 Å². The summed E-state index contributed by atoms with van der Waals surface area (Å²) in [5.41, 5.74) is 3.34. The zero-order chi connectivity index (χ0) is 17.6. The van der Waals surface area contributed by atoms with Crippen LogP contribution < -0.4 is 10.5 Å². The molecule has 0 aliphatic carbocycles. The Labute approximate surface area is 142 Å². The number of carbonyl (C=O) groups is 1. The summed E-state index contributed by atoms with van der Waals surface area (Å²) in [4.78, 5) is 12.0. The lowest BCUT2D eigenvalue weighted by Crippen LogP contribution is -2.22. The molecule has 2 aromatic carbocycles. The molecule has 0 aliphatic rings. The van der Waals surface area contributed by atoms with Gasteiger partial charge in [-0.25, -0.2) is 13.6 Å². The highest BCUT2D eigenvalue weighted by Gasteiger charge is 2.07. The number of hydrogen-bond donors (Lipinski definition) is 2. The second kappa shape index (κ2) is 8.08. The number of benzene rings is 2. The van der Waals surface area contributed by atoms with Gasteiger partial charge in [-0.05, 0) is 48.6 Å². The Balaban J connectivity index is 1.76. The third-order valence-corrected chi connectivity index (χ3v) is 4.78. The monoisotopic (exact) mass is 346 g/mol. The van der Waals surface area contributed by atoms with E-state index in [1.165, 1.54) is 23.3 Å². The van der Waals surface area contributed by atoms with Crippen molar-refractivity contribution in [2.75, 3.05) is 0 Å². The first-order chi connectivity index (χ1) is 11.4. The second-order valence-electron chi connectivity index (χ2n) is 5.75. The fourth-order valence-corrected chi connectivity index (χ4v) is 2.93. The molecule has 2 aromatic rings. The molecule has 0 spiro atoms. The lowest BCUT2D eigenvalue weighted by Gasteiger charge is -2.07. The number of aryl methyl sites for hydroxylation is 2. The van der Waals surface area contributed by atoms with E-state index in [0.29, 0.717) is 13.0 Å². The first-order valence-corrected chi connectivity index (χ1v) is 9.34. The number of hydrogen-bond acceptors (Lipinski definition) is 3. The van der Waals surface area contributed by atoms with E-state index >= 15 is 0 Å². The van der Waals surface area contributed by atoms with Crippen LogP contribution in [0.4, 0.5) is 0 Å². The minimum atomic E-state index is -3.68. The van der Waals surface area contributed by atoms with Crippen LogP contribution in [-0.4, -0.2) is 14.3 Å². The van der Waals surface area contributed by atoms with Crippen molar-refractivity contribution < 1.29 is 13.2 Å². The molecule has 24 heavy (non-hydrogen) atoms. The van der Waals surface area contributed by atoms with E-state index in [9.17, 15) is 13.2 Å². The van der Waals surface area contributed by atoms with Crippen LogP contribution in [0.1, 0.15) is 29.5 Å². The Morgan fingerprint density at radius 1 is 1.08 bits per heavy atom. The number of carbonyl (C=O) groups excluding carboxylic acids is 1. The quantitative estimate of drug-likeness (QED) is 0.806. The van der Waals surface area contributed by atoms with Gasteiger partial charge < -0.3 is 5.32 Å². The maximum Gasteiger partial charge on any atom is 0.238 e. The van der Waals surface area contributed by atoms with Crippen LogP contribution in [-0.2, 0) is 27.8 Å². The standard InChI is InChI=1S/C18H22N2O3S/c1-14-5-2-3-6-16(14)7-4-8-18(21)20-13-15-9-11-17(12-10-15)24(19,22)23/h2-3,5-6,9-12H,4,7-8,13H2,1H3,(H,20,21)(H2,19,22,23). The van der Waals surface area contributed by atoms with Crippen LogP contribution >= 0.6 is 0 Å². The SMILES string of the molecule is Cc1ccccc1CCCC(=O)NCc1ccc(S(N)(=O)=O)cc1. The predicted molar refractivity (Wildman–Crippen MR) is 93.8 cm³/mol. The molecule has 1 amide bonds. The molecule has 3 N–H and O–H groups in total. The highest BCUT2D eigenvalue weighted by molar-refractivity contribution is 7.89. The molecule has 2 rings (SSSR count). The number of primary sulfonamides is 1. The van der Waals surface area contributed by atoms with Gasteiger partial charge in [-0.1, -0.05) is 36.4 Å². The fourth-order valence-electron chi connectivity index (χ4n) is 2.42. The van der Waals surface area contributed by atoms with Crippen LogP contribution in [0.5, 0.6) is 0 Å². The van der Waals surface area contributed by atoms with Crippen LogP contribution in [0.3, 0.4) is 0 Å². The predicted octanol–water partition coefficient (Wildman–Crippen LogP) is 2.28. The van der Waals surface area contributed by atoms with E-state index in [1.807, 2.05) is 12.1 Å². The van der Waals surface area contributed by atoms with E-state index in [4.69, 9.17) is 5.14 Å². The zero-order valence-electron chi connectivity index (χ0n) is 13.7. The van der Waals surface area contributed by atoms with Crippen LogP contribution in [0.2, 0.25) is 0 Å². The van der Waals surface area contributed by atoms with Crippen molar-refractivity contribution >= 4 is 15.9 Å². The van der Waals surface area contributed by atoms with Crippen molar-refractivity contribution in [2.45, 2.75) is 37.6 Å². The summed E-state index contributed by atoms with van der Waals surface area (Å²) in [6.07, 6.45) is 2.13. The summed E-state index contributed by atoms with van der Waals surface area (Å²) in [6.45, 7) is 2.44. The van der Waals surface area contributed by atoms with Crippen molar-refractivity contribution in [3.8, 4) is 0 Å². The summed E-state index contributed by atoms with van der Waals surface area (Å²) in [6, 6.07) is 14.3. The van der Waals surface area contributed by atoms with E-state index in [-0.39, 0.29) is 10.8 Å². The van der Waals surface area contributed by atoms with Crippen molar-refractivity contribution in [3.63, 3.8) is 0 Å². The van der Waals surface area contributed by atoms with E-state index < -0.39 is 10.0 Å².